The van der Waals surface area contributed by atoms with Crippen molar-refractivity contribution < 1.29 is 9.47 Å². The molecule has 2 atom stereocenters. The van der Waals surface area contributed by atoms with Gasteiger partial charge in [-0.3, -0.25) is 0 Å². The van der Waals surface area contributed by atoms with Crippen molar-refractivity contribution in [3.05, 3.63) is 11.8 Å². The van der Waals surface area contributed by atoms with Gasteiger partial charge in [-0.05, 0) is 50.6 Å². The van der Waals surface area contributed by atoms with Crippen LogP contribution in [0.2, 0.25) is 0 Å². The van der Waals surface area contributed by atoms with E-state index in [0.717, 1.165) is 26.2 Å². The summed E-state index contributed by atoms with van der Waals surface area (Å²) in [5.74, 6) is 0. The van der Waals surface area contributed by atoms with E-state index in [9.17, 15) is 0 Å². The van der Waals surface area contributed by atoms with Crippen molar-refractivity contribution in [1.82, 2.24) is 5.32 Å². The molecule has 0 amide bonds. The smallest absolute Gasteiger partial charge is 0.0876 e. The van der Waals surface area contributed by atoms with Crippen molar-refractivity contribution in [2.45, 2.75) is 57.6 Å². The summed E-state index contributed by atoms with van der Waals surface area (Å²) in [7, 11) is 0. The van der Waals surface area contributed by atoms with Gasteiger partial charge in [0.15, 0.2) is 0 Å². The fourth-order valence-electron chi connectivity index (χ4n) is 2.73. The van der Waals surface area contributed by atoms with Crippen molar-refractivity contribution in [2.24, 2.45) is 0 Å². The molecule has 17 heavy (non-hydrogen) atoms. The zero-order valence-corrected chi connectivity index (χ0v) is 10.9. The predicted octanol–water partition coefficient (Wildman–Crippen LogP) is 2.62. The Labute approximate surface area is 105 Å². The van der Waals surface area contributed by atoms with E-state index in [1.165, 1.54) is 37.7 Å². The van der Waals surface area contributed by atoms with Crippen LogP contribution in [0.5, 0.6) is 0 Å². The number of rotatable bonds is 6. The minimum Gasteiger partial charge on any atom is -0.501 e. The molecule has 1 saturated heterocycles. The topological polar surface area (TPSA) is 30.5 Å². The third-order valence-electron chi connectivity index (χ3n) is 3.66. The second-order valence-corrected chi connectivity index (χ2v) is 4.99. The van der Waals surface area contributed by atoms with Crippen molar-refractivity contribution in [3.63, 3.8) is 0 Å². The highest BCUT2D eigenvalue weighted by atomic mass is 16.5. The summed E-state index contributed by atoms with van der Waals surface area (Å²) in [5, 5.41) is 3.57. The number of hydrogen-bond acceptors (Lipinski definition) is 3. The minimum absolute atomic E-state index is 0.490. The minimum atomic E-state index is 0.490. The van der Waals surface area contributed by atoms with Gasteiger partial charge >= 0.3 is 0 Å². The van der Waals surface area contributed by atoms with E-state index < -0.39 is 0 Å². The van der Waals surface area contributed by atoms with E-state index in [4.69, 9.17) is 9.47 Å². The van der Waals surface area contributed by atoms with Gasteiger partial charge < -0.3 is 14.8 Å². The van der Waals surface area contributed by atoms with Crippen LogP contribution < -0.4 is 5.32 Å². The lowest BCUT2D eigenvalue weighted by atomic mass is 9.96. The molecule has 0 radical (unpaired) electrons. The highest BCUT2D eigenvalue weighted by molar-refractivity contribution is 5.10. The average molecular weight is 239 g/mol. The molecular formula is C14H25NO2. The van der Waals surface area contributed by atoms with Crippen LogP contribution in [0, 0.1) is 0 Å². The van der Waals surface area contributed by atoms with Crippen LogP contribution in [-0.2, 0) is 9.47 Å². The average Bonchev–Trinajstić information content (AvgIpc) is 2.88. The van der Waals surface area contributed by atoms with E-state index in [0.29, 0.717) is 12.1 Å². The molecule has 0 bridgehead atoms. The Morgan fingerprint density at radius 2 is 2.35 bits per heavy atom. The molecule has 3 nitrogen and oxygen atoms in total. The molecule has 2 heterocycles. The first-order valence-corrected chi connectivity index (χ1v) is 7.05. The Bertz CT molecular complexity index is 247. The van der Waals surface area contributed by atoms with Crippen LogP contribution in [-0.4, -0.2) is 31.9 Å². The van der Waals surface area contributed by atoms with E-state index in [-0.39, 0.29) is 0 Å². The summed E-state index contributed by atoms with van der Waals surface area (Å²) in [5.41, 5.74) is 1.44. The Balaban J connectivity index is 1.80. The molecule has 2 rings (SSSR count). The summed E-state index contributed by atoms with van der Waals surface area (Å²) in [4.78, 5) is 0. The quantitative estimate of drug-likeness (QED) is 0.773. The van der Waals surface area contributed by atoms with Gasteiger partial charge in [-0.25, -0.2) is 0 Å². The first kappa shape index (κ1) is 12.9. The number of ether oxygens (including phenoxy) is 2. The van der Waals surface area contributed by atoms with Crippen molar-refractivity contribution in [2.75, 3.05) is 19.8 Å². The fraction of sp³-hybridized carbons (Fsp3) is 0.857. The van der Waals surface area contributed by atoms with Gasteiger partial charge in [-0.15, -0.1) is 0 Å². The molecule has 2 unspecified atom stereocenters. The van der Waals surface area contributed by atoms with Crippen LogP contribution in [0.25, 0.3) is 0 Å². The first-order valence-electron chi connectivity index (χ1n) is 7.05. The van der Waals surface area contributed by atoms with E-state index in [1.54, 1.807) is 0 Å². The molecule has 0 spiro atoms. The molecule has 0 aromatic carbocycles. The molecule has 2 aliphatic heterocycles. The van der Waals surface area contributed by atoms with Gasteiger partial charge in [0.1, 0.15) is 0 Å². The molecule has 3 heteroatoms. The van der Waals surface area contributed by atoms with Crippen molar-refractivity contribution in [3.8, 4) is 0 Å². The highest BCUT2D eigenvalue weighted by Crippen LogP contribution is 2.23. The van der Waals surface area contributed by atoms with Crippen molar-refractivity contribution in [1.29, 1.82) is 0 Å². The Morgan fingerprint density at radius 1 is 1.41 bits per heavy atom. The largest absolute Gasteiger partial charge is 0.501 e. The monoisotopic (exact) mass is 239 g/mol. The van der Waals surface area contributed by atoms with E-state index in [1.807, 2.05) is 6.26 Å². The lowest BCUT2D eigenvalue weighted by molar-refractivity contribution is 0.100. The van der Waals surface area contributed by atoms with Gasteiger partial charge in [0.25, 0.3) is 0 Å². The molecule has 1 fully saturated rings. The first-order chi connectivity index (χ1) is 8.40. The molecule has 2 aliphatic rings. The summed E-state index contributed by atoms with van der Waals surface area (Å²) in [6, 6.07) is 0.490. The molecule has 0 aromatic heterocycles. The molecular weight excluding hydrogens is 214 g/mol. The normalized spacial score (nSPS) is 26.4. The third-order valence-corrected chi connectivity index (χ3v) is 3.66. The molecule has 0 aliphatic carbocycles. The number of likely N-dealkylation sites (N-methyl/N-ethyl adjacent to an activating group) is 1. The molecule has 98 valence electrons. The maximum absolute atomic E-state index is 5.69. The van der Waals surface area contributed by atoms with Crippen LogP contribution in [0.15, 0.2) is 11.8 Å². The zero-order valence-electron chi connectivity index (χ0n) is 10.9. The summed E-state index contributed by atoms with van der Waals surface area (Å²) in [6.07, 6.45) is 9.66. The lowest BCUT2D eigenvalue weighted by Gasteiger charge is -2.25. The molecule has 1 N–H and O–H groups in total. The zero-order chi connectivity index (χ0) is 11.9. The summed E-state index contributed by atoms with van der Waals surface area (Å²) >= 11 is 0. The van der Waals surface area contributed by atoms with Crippen LogP contribution >= 0.6 is 0 Å². The SMILES string of the molecule is CCNC(CCC1CCCO1)C1=COCCC1. The standard InChI is InChI=1S/C14H25NO2/c1-2-15-14(12-5-3-9-16-11-12)8-7-13-6-4-10-17-13/h11,13-15H,2-10H2,1H3. The van der Waals surface area contributed by atoms with Crippen LogP contribution in [0.4, 0.5) is 0 Å². The van der Waals surface area contributed by atoms with Gasteiger partial charge in [-0.2, -0.15) is 0 Å². The molecule has 0 aromatic rings. The predicted molar refractivity (Wildman–Crippen MR) is 68.9 cm³/mol. The fourth-order valence-corrected chi connectivity index (χ4v) is 2.73. The third kappa shape index (κ3) is 4.00. The van der Waals surface area contributed by atoms with E-state index >= 15 is 0 Å². The maximum atomic E-state index is 5.69. The second-order valence-electron chi connectivity index (χ2n) is 4.99. The Morgan fingerprint density at radius 3 is 3.00 bits per heavy atom. The summed E-state index contributed by atoms with van der Waals surface area (Å²) in [6.45, 7) is 5.03. The van der Waals surface area contributed by atoms with Gasteiger partial charge in [0, 0.05) is 12.6 Å². The Kier molecular flexibility index (Phi) is 5.33. The number of nitrogens with one attached hydrogen (secondary N) is 1. The van der Waals surface area contributed by atoms with Crippen molar-refractivity contribution >= 4 is 0 Å². The lowest BCUT2D eigenvalue weighted by Crippen LogP contribution is -2.32. The second kappa shape index (κ2) is 7.02. The maximum Gasteiger partial charge on any atom is 0.0876 e. The van der Waals surface area contributed by atoms with Gasteiger partial charge in [-0.1, -0.05) is 6.92 Å². The summed E-state index contributed by atoms with van der Waals surface area (Å²) < 4.78 is 11.1. The van der Waals surface area contributed by atoms with Crippen LogP contribution in [0.1, 0.15) is 45.4 Å². The van der Waals surface area contributed by atoms with E-state index in [2.05, 4.69) is 12.2 Å². The highest BCUT2D eigenvalue weighted by Gasteiger charge is 2.20. The van der Waals surface area contributed by atoms with Gasteiger partial charge in [0.05, 0.1) is 19.0 Å². The van der Waals surface area contributed by atoms with Gasteiger partial charge in [0.2, 0.25) is 0 Å². The molecule has 0 saturated carbocycles. The van der Waals surface area contributed by atoms with Crippen LogP contribution in [0.3, 0.4) is 0 Å². The Hall–Kier alpha value is -0.540. The number of hydrogen-bond donors (Lipinski definition) is 1.